The molecule has 1 unspecified atom stereocenters. The van der Waals surface area contributed by atoms with Gasteiger partial charge in [0, 0.05) is 6.54 Å². The lowest BCUT2D eigenvalue weighted by atomic mass is 9.77. The molecule has 0 aliphatic carbocycles. The third-order valence-corrected chi connectivity index (χ3v) is 3.06. The quantitative estimate of drug-likeness (QED) is 0.747. The van der Waals surface area contributed by atoms with Crippen LogP contribution in [0, 0.1) is 5.41 Å². The second-order valence-corrected chi connectivity index (χ2v) is 6.03. The summed E-state index contributed by atoms with van der Waals surface area (Å²) in [4.78, 5) is 22.6. The SMILES string of the molecule is CCCC(CC)(CNC(=O)OC(C)(C)C)CC(=O)O. The molecule has 0 aliphatic heterocycles. The van der Waals surface area contributed by atoms with Gasteiger partial charge < -0.3 is 15.2 Å². The Kier molecular flexibility index (Phi) is 6.87. The topological polar surface area (TPSA) is 75.6 Å². The van der Waals surface area contributed by atoms with Crippen LogP contribution in [0.15, 0.2) is 0 Å². The highest BCUT2D eigenvalue weighted by atomic mass is 16.6. The van der Waals surface area contributed by atoms with Crippen molar-refractivity contribution < 1.29 is 19.4 Å². The van der Waals surface area contributed by atoms with Gasteiger partial charge in [0.2, 0.25) is 0 Å². The van der Waals surface area contributed by atoms with E-state index >= 15 is 0 Å². The Labute approximate surface area is 115 Å². The maximum Gasteiger partial charge on any atom is 0.407 e. The largest absolute Gasteiger partial charge is 0.481 e. The van der Waals surface area contributed by atoms with Crippen molar-refractivity contribution in [1.82, 2.24) is 5.32 Å². The van der Waals surface area contributed by atoms with Gasteiger partial charge in [-0.1, -0.05) is 20.3 Å². The van der Waals surface area contributed by atoms with Crippen LogP contribution in [0.3, 0.4) is 0 Å². The fraction of sp³-hybridized carbons (Fsp3) is 0.857. The average molecular weight is 273 g/mol. The Morgan fingerprint density at radius 3 is 2.16 bits per heavy atom. The fourth-order valence-corrected chi connectivity index (χ4v) is 2.09. The maximum atomic E-state index is 11.6. The van der Waals surface area contributed by atoms with Crippen LogP contribution in [0.4, 0.5) is 4.79 Å². The minimum absolute atomic E-state index is 0.0626. The predicted octanol–water partition coefficient (Wildman–Crippen LogP) is 3.18. The summed E-state index contributed by atoms with van der Waals surface area (Å²) in [5.74, 6) is -0.832. The standard InChI is InChI=1S/C14H27NO4/c1-6-8-14(7-2,9-11(16)17)10-15-12(18)19-13(3,4)5/h6-10H2,1-5H3,(H,15,18)(H,16,17). The predicted molar refractivity (Wildman–Crippen MR) is 74.1 cm³/mol. The van der Waals surface area contributed by atoms with Gasteiger partial charge in [-0.2, -0.15) is 0 Å². The van der Waals surface area contributed by atoms with Gasteiger partial charge in [0.15, 0.2) is 0 Å². The van der Waals surface area contributed by atoms with Crippen molar-refractivity contribution in [1.29, 1.82) is 0 Å². The number of carbonyl (C=O) groups is 2. The Morgan fingerprint density at radius 1 is 1.21 bits per heavy atom. The Balaban J connectivity index is 4.56. The van der Waals surface area contributed by atoms with E-state index in [1.54, 1.807) is 20.8 Å². The molecule has 0 aromatic carbocycles. The summed E-state index contributed by atoms with van der Waals surface area (Å²) >= 11 is 0. The molecule has 0 bridgehead atoms. The number of carbonyl (C=O) groups excluding carboxylic acids is 1. The molecule has 0 saturated carbocycles. The van der Waals surface area contributed by atoms with E-state index in [-0.39, 0.29) is 6.42 Å². The lowest BCUT2D eigenvalue weighted by Crippen LogP contribution is -2.41. The molecule has 0 aliphatic rings. The van der Waals surface area contributed by atoms with Gasteiger partial charge in [0.1, 0.15) is 5.60 Å². The van der Waals surface area contributed by atoms with Crippen molar-refractivity contribution in [2.75, 3.05) is 6.54 Å². The van der Waals surface area contributed by atoms with E-state index < -0.39 is 23.1 Å². The summed E-state index contributed by atoms with van der Waals surface area (Å²) in [5.41, 5.74) is -0.937. The molecule has 0 spiro atoms. The molecule has 0 aromatic rings. The van der Waals surface area contributed by atoms with E-state index in [1.807, 2.05) is 13.8 Å². The monoisotopic (exact) mass is 273 g/mol. The molecule has 5 nitrogen and oxygen atoms in total. The number of aliphatic carboxylic acids is 1. The number of hydrogen-bond acceptors (Lipinski definition) is 3. The summed E-state index contributed by atoms with van der Waals surface area (Å²) in [6.45, 7) is 9.68. The molecular formula is C14H27NO4. The molecular weight excluding hydrogens is 246 g/mol. The van der Waals surface area contributed by atoms with E-state index in [0.29, 0.717) is 13.0 Å². The average Bonchev–Trinajstić information content (AvgIpc) is 2.23. The van der Waals surface area contributed by atoms with Crippen LogP contribution in [0.2, 0.25) is 0 Å². The molecule has 0 heterocycles. The first-order valence-electron chi connectivity index (χ1n) is 6.83. The number of hydrogen-bond donors (Lipinski definition) is 2. The maximum absolute atomic E-state index is 11.6. The van der Waals surface area contributed by atoms with E-state index in [2.05, 4.69) is 5.32 Å². The molecule has 0 radical (unpaired) electrons. The highest BCUT2D eigenvalue weighted by Gasteiger charge is 2.31. The molecule has 19 heavy (non-hydrogen) atoms. The summed E-state index contributed by atoms with van der Waals surface area (Å²) in [7, 11) is 0. The Morgan fingerprint density at radius 2 is 1.79 bits per heavy atom. The molecule has 0 aromatic heterocycles. The Bertz CT molecular complexity index is 309. The lowest BCUT2D eigenvalue weighted by molar-refractivity contribution is -0.140. The minimum atomic E-state index is -0.832. The van der Waals surface area contributed by atoms with Crippen LogP contribution in [-0.4, -0.2) is 29.3 Å². The number of rotatable bonds is 7. The van der Waals surface area contributed by atoms with Crippen LogP contribution < -0.4 is 5.32 Å². The second kappa shape index (κ2) is 7.36. The summed E-state index contributed by atoms with van der Waals surface area (Å²) in [6.07, 6.45) is 1.94. The number of carboxylic acid groups (broad SMARTS) is 1. The molecule has 0 fully saturated rings. The highest BCUT2D eigenvalue weighted by Crippen LogP contribution is 2.31. The highest BCUT2D eigenvalue weighted by molar-refractivity contribution is 5.69. The fourth-order valence-electron chi connectivity index (χ4n) is 2.09. The first-order valence-corrected chi connectivity index (χ1v) is 6.83. The van der Waals surface area contributed by atoms with Gasteiger partial charge in [-0.3, -0.25) is 4.79 Å². The first-order chi connectivity index (χ1) is 8.64. The minimum Gasteiger partial charge on any atom is -0.481 e. The summed E-state index contributed by atoms with van der Waals surface area (Å²) in [5, 5.41) is 11.7. The van der Waals surface area contributed by atoms with E-state index in [4.69, 9.17) is 9.84 Å². The van der Waals surface area contributed by atoms with Crippen molar-refractivity contribution in [2.24, 2.45) is 5.41 Å². The molecule has 2 N–H and O–H groups in total. The van der Waals surface area contributed by atoms with Crippen molar-refractivity contribution in [2.45, 2.75) is 65.9 Å². The molecule has 0 saturated heterocycles. The normalized spacial score (nSPS) is 14.6. The number of alkyl carbamates (subject to hydrolysis) is 1. The van der Waals surface area contributed by atoms with Crippen molar-refractivity contribution >= 4 is 12.1 Å². The van der Waals surface area contributed by atoms with Crippen molar-refractivity contribution in [3.63, 3.8) is 0 Å². The molecule has 0 rings (SSSR count). The van der Waals surface area contributed by atoms with Gasteiger partial charge in [-0.25, -0.2) is 4.79 Å². The van der Waals surface area contributed by atoms with Crippen molar-refractivity contribution in [3.05, 3.63) is 0 Å². The Hall–Kier alpha value is -1.26. The summed E-state index contributed by atoms with van der Waals surface area (Å²) < 4.78 is 5.16. The van der Waals surface area contributed by atoms with Crippen LogP contribution in [0.25, 0.3) is 0 Å². The van der Waals surface area contributed by atoms with Crippen molar-refractivity contribution in [3.8, 4) is 0 Å². The summed E-state index contributed by atoms with van der Waals surface area (Å²) in [6, 6.07) is 0. The molecule has 1 amide bonds. The van der Waals surface area contributed by atoms with Crippen LogP contribution >= 0.6 is 0 Å². The van der Waals surface area contributed by atoms with E-state index in [1.165, 1.54) is 0 Å². The zero-order chi connectivity index (χ0) is 15.1. The third-order valence-electron chi connectivity index (χ3n) is 3.06. The number of nitrogens with one attached hydrogen (secondary N) is 1. The number of ether oxygens (including phenoxy) is 1. The smallest absolute Gasteiger partial charge is 0.407 e. The van der Waals surface area contributed by atoms with Crippen LogP contribution in [0.1, 0.15) is 60.3 Å². The van der Waals surface area contributed by atoms with Crippen LogP contribution in [-0.2, 0) is 9.53 Å². The second-order valence-electron chi connectivity index (χ2n) is 6.03. The zero-order valence-electron chi connectivity index (χ0n) is 12.7. The lowest BCUT2D eigenvalue weighted by Gasteiger charge is -2.31. The molecule has 1 atom stereocenters. The van der Waals surface area contributed by atoms with Gasteiger partial charge in [-0.05, 0) is 39.0 Å². The van der Waals surface area contributed by atoms with Gasteiger partial charge in [-0.15, -0.1) is 0 Å². The van der Waals surface area contributed by atoms with Gasteiger partial charge in [0.05, 0.1) is 6.42 Å². The van der Waals surface area contributed by atoms with Crippen LogP contribution in [0.5, 0.6) is 0 Å². The van der Waals surface area contributed by atoms with E-state index in [9.17, 15) is 9.59 Å². The zero-order valence-corrected chi connectivity index (χ0v) is 12.7. The molecule has 5 heteroatoms. The van der Waals surface area contributed by atoms with Gasteiger partial charge in [0.25, 0.3) is 0 Å². The van der Waals surface area contributed by atoms with E-state index in [0.717, 1.165) is 12.8 Å². The number of carboxylic acids is 1. The first kappa shape index (κ1) is 17.7. The number of amides is 1. The van der Waals surface area contributed by atoms with Gasteiger partial charge >= 0.3 is 12.1 Å². The molecule has 112 valence electrons. The third kappa shape index (κ3) is 7.70.